The molecule has 7 heteroatoms. The molecule has 0 spiro atoms. The second-order valence-corrected chi connectivity index (χ2v) is 6.33. The lowest BCUT2D eigenvalue weighted by atomic mass is 10.2. The summed E-state index contributed by atoms with van der Waals surface area (Å²) in [5.41, 5.74) is 1.56. The number of hydrogen-bond donors (Lipinski definition) is 1. The Kier molecular flexibility index (Phi) is 2.82. The van der Waals surface area contributed by atoms with E-state index >= 15 is 0 Å². The van der Waals surface area contributed by atoms with E-state index in [-0.39, 0.29) is 11.9 Å². The van der Waals surface area contributed by atoms with Gasteiger partial charge in [0.05, 0.1) is 17.5 Å². The lowest BCUT2D eigenvalue weighted by Crippen LogP contribution is -2.49. The third-order valence-corrected chi connectivity index (χ3v) is 5.03. The van der Waals surface area contributed by atoms with Crippen molar-refractivity contribution in [3.05, 3.63) is 48.7 Å². The fraction of sp³-hybridized carbons (Fsp3) is 0.294. The Labute approximate surface area is 138 Å². The Morgan fingerprint density at radius 2 is 2.00 bits per heavy atom. The van der Waals surface area contributed by atoms with E-state index in [0.29, 0.717) is 11.6 Å². The Balaban J connectivity index is 1.41. The van der Waals surface area contributed by atoms with Gasteiger partial charge in [-0.1, -0.05) is 0 Å². The SMILES string of the molecule is O=C(c1ccncc1)N1CC2CC1CN2c1ncnc2[nH]ccc12. The van der Waals surface area contributed by atoms with Gasteiger partial charge in [-0.2, -0.15) is 0 Å². The quantitative estimate of drug-likeness (QED) is 0.773. The van der Waals surface area contributed by atoms with E-state index < -0.39 is 0 Å². The van der Waals surface area contributed by atoms with Gasteiger partial charge in [0, 0.05) is 37.2 Å². The predicted octanol–water partition coefficient (Wildman–Crippen LogP) is 1.46. The normalized spacial score (nSPS) is 22.5. The van der Waals surface area contributed by atoms with Crippen LogP contribution in [-0.2, 0) is 0 Å². The fourth-order valence-corrected chi connectivity index (χ4v) is 3.92. The number of rotatable bonds is 2. The maximum atomic E-state index is 12.7. The lowest BCUT2D eigenvalue weighted by Gasteiger charge is -2.35. The number of fused-ring (bicyclic) bond motifs is 3. The zero-order chi connectivity index (χ0) is 16.1. The van der Waals surface area contributed by atoms with E-state index in [1.807, 2.05) is 17.2 Å². The molecule has 1 N–H and O–H groups in total. The van der Waals surface area contributed by atoms with E-state index in [9.17, 15) is 4.79 Å². The zero-order valence-corrected chi connectivity index (χ0v) is 13.0. The summed E-state index contributed by atoms with van der Waals surface area (Å²) in [7, 11) is 0. The molecule has 2 aliphatic heterocycles. The molecule has 0 aromatic carbocycles. The van der Waals surface area contributed by atoms with Gasteiger partial charge >= 0.3 is 0 Å². The van der Waals surface area contributed by atoms with Crippen LogP contribution in [0.3, 0.4) is 0 Å². The number of H-pyrrole nitrogens is 1. The van der Waals surface area contributed by atoms with Crippen LogP contribution in [0.1, 0.15) is 16.8 Å². The van der Waals surface area contributed by atoms with Crippen molar-refractivity contribution in [1.29, 1.82) is 0 Å². The average molecular weight is 320 g/mol. The van der Waals surface area contributed by atoms with E-state index in [2.05, 4.69) is 24.8 Å². The Bertz CT molecular complexity index is 908. The number of anilines is 1. The molecule has 0 radical (unpaired) electrons. The molecule has 2 atom stereocenters. The highest BCUT2D eigenvalue weighted by Crippen LogP contribution is 2.36. The molecule has 3 aromatic heterocycles. The van der Waals surface area contributed by atoms with Crippen molar-refractivity contribution in [3.63, 3.8) is 0 Å². The smallest absolute Gasteiger partial charge is 0.254 e. The molecule has 7 nitrogen and oxygen atoms in total. The highest BCUT2D eigenvalue weighted by Gasteiger charge is 2.46. The molecular weight excluding hydrogens is 304 g/mol. The van der Waals surface area contributed by atoms with Gasteiger partial charge in [-0.15, -0.1) is 0 Å². The van der Waals surface area contributed by atoms with Gasteiger partial charge < -0.3 is 14.8 Å². The van der Waals surface area contributed by atoms with Gasteiger partial charge in [0.15, 0.2) is 0 Å². The molecule has 0 aliphatic carbocycles. The van der Waals surface area contributed by atoms with E-state index in [0.717, 1.165) is 36.4 Å². The summed E-state index contributed by atoms with van der Waals surface area (Å²) in [6, 6.07) is 6.12. The minimum Gasteiger partial charge on any atom is -0.349 e. The van der Waals surface area contributed by atoms with Crippen molar-refractivity contribution >= 4 is 22.8 Å². The highest BCUT2D eigenvalue weighted by atomic mass is 16.2. The molecule has 2 saturated heterocycles. The number of likely N-dealkylation sites (tertiary alicyclic amines) is 1. The van der Waals surface area contributed by atoms with Crippen LogP contribution < -0.4 is 4.90 Å². The summed E-state index contributed by atoms with van der Waals surface area (Å²) < 4.78 is 0. The maximum Gasteiger partial charge on any atom is 0.254 e. The number of aromatic amines is 1. The summed E-state index contributed by atoms with van der Waals surface area (Å²) >= 11 is 0. The number of carbonyl (C=O) groups excluding carboxylic acids is 1. The van der Waals surface area contributed by atoms with E-state index in [1.165, 1.54) is 0 Å². The van der Waals surface area contributed by atoms with Crippen LogP contribution in [0.25, 0.3) is 11.0 Å². The van der Waals surface area contributed by atoms with Crippen molar-refractivity contribution < 1.29 is 4.79 Å². The largest absolute Gasteiger partial charge is 0.349 e. The molecule has 2 unspecified atom stereocenters. The topological polar surface area (TPSA) is 78.0 Å². The Hall–Kier alpha value is -2.96. The van der Waals surface area contributed by atoms with Crippen LogP contribution >= 0.6 is 0 Å². The Morgan fingerprint density at radius 1 is 1.12 bits per heavy atom. The van der Waals surface area contributed by atoms with Crippen LogP contribution in [0.4, 0.5) is 5.82 Å². The molecule has 120 valence electrons. The maximum absolute atomic E-state index is 12.7. The van der Waals surface area contributed by atoms with E-state index in [1.54, 1.807) is 30.9 Å². The second kappa shape index (κ2) is 5.02. The number of hydrogen-bond acceptors (Lipinski definition) is 5. The Morgan fingerprint density at radius 3 is 2.79 bits per heavy atom. The number of aromatic nitrogens is 4. The molecule has 0 saturated carbocycles. The van der Waals surface area contributed by atoms with Crippen LogP contribution in [0.15, 0.2) is 43.1 Å². The van der Waals surface area contributed by atoms with Crippen LogP contribution in [0.2, 0.25) is 0 Å². The monoisotopic (exact) mass is 320 g/mol. The number of amides is 1. The van der Waals surface area contributed by atoms with Crippen molar-refractivity contribution in [2.45, 2.75) is 18.5 Å². The average Bonchev–Trinajstić information content (AvgIpc) is 3.36. The predicted molar refractivity (Wildman–Crippen MR) is 88.7 cm³/mol. The first kappa shape index (κ1) is 13.5. The summed E-state index contributed by atoms with van der Waals surface area (Å²) in [5.74, 6) is 1.06. The number of pyridine rings is 1. The van der Waals surface area contributed by atoms with Crippen molar-refractivity contribution in [2.75, 3.05) is 18.0 Å². The van der Waals surface area contributed by atoms with Crippen LogP contribution in [-0.4, -0.2) is 55.9 Å². The standard InChI is InChI=1S/C17H16N6O/c24-17(11-1-4-18-5-2-11)23-9-12-7-13(23)8-22(12)16-14-3-6-19-15(14)20-10-21-16/h1-6,10,12-13H,7-9H2,(H,19,20,21). The third kappa shape index (κ3) is 1.90. The third-order valence-electron chi connectivity index (χ3n) is 5.03. The molecular formula is C17H16N6O. The molecule has 24 heavy (non-hydrogen) atoms. The zero-order valence-electron chi connectivity index (χ0n) is 13.0. The minimum absolute atomic E-state index is 0.0963. The van der Waals surface area contributed by atoms with Crippen molar-refractivity contribution in [2.24, 2.45) is 0 Å². The van der Waals surface area contributed by atoms with Crippen LogP contribution in [0, 0.1) is 0 Å². The molecule has 2 fully saturated rings. The van der Waals surface area contributed by atoms with Gasteiger partial charge in [-0.25, -0.2) is 9.97 Å². The van der Waals surface area contributed by atoms with Crippen molar-refractivity contribution in [3.8, 4) is 0 Å². The van der Waals surface area contributed by atoms with Gasteiger partial charge in [0.25, 0.3) is 5.91 Å². The first-order valence-electron chi connectivity index (χ1n) is 8.07. The molecule has 2 bridgehead atoms. The molecule has 5 heterocycles. The fourth-order valence-electron chi connectivity index (χ4n) is 3.92. The number of carbonyl (C=O) groups is 1. The number of piperazine rings is 1. The lowest BCUT2D eigenvalue weighted by molar-refractivity contribution is 0.0725. The van der Waals surface area contributed by atoms with E-state index in [4.69, 9.17) is 0 Å². The minimum atomic E-state index is 0.0963. The molecule has 5 rings (SSSR count). The summed E-state index contributed by atoms with van der Waals surface area (Å²) in [4.78, 5) is 32.9. The second-order valence-electron chi connectivity index (χ2n) is 6.33. The van der Waals surface area contributed by atoms with Crippen LogP contribution in [0.5, 0.6) is 0 Å². The summed E-state index contributed by atoms with van der Waals surface area (Å²) in [6.07, 6.45) is 7.80. The van der Waals surface area contributed by atoms with Gasteiger partial charge in [0.2, 0.25) is 0 Å². The number of nitrogens with one attached hydrogen (secondary N) is 1. The molecule has 2 aliphatic rings. The summed E-state index contributed by atoms with van der Waals surface area (Å²) in [5, 5.41) is 1.04. The first-order valence-corrected chi connectivity index (χ1v) is 8.07. The number of nitrogens with zero attached hydrogens (tertiary/aromatic N) is 5. The van der Waals surface area contributed by atoms with Gasteiger partial charge in [-0.05, 0) is 24.6 Å². The molecule has 3 aromatic rings. The van der Waals surface area contributed by atoms with Gasteiger partial charge in [0.1, 0.15) is 17.8 Å². The highest BCUT2D eigenvalue weighted by molar-refractivity contribution is 5.95. The molecule has 1 amide bonds. The van der Waals surface area contributed by atoms with Gasteiger partial charge in [-0.3, -0.25) is 9.78 Å². The van der Waals surface area contributed by atoms with Crippen molar-refractivity contribution in [1.82, 2.24) is 24.8 Å². The summed E-state index contributed by atoms with van der Waals surface area (Å²) in [6.45, 7) is 1.56. The first-order chi connectivity index (χ1) is 11.8.